The lowest BCUT2D eigenvalue weighted by atomic mass is 9.65. The highest BCUT2D eigenvalue weighted by Crippen LogP contribution is 2.68. The molecule has 1 aromatic rings. The van der Waals surface area contributed by atoms with Gasteiger partial charge in [-0.25, -0.2) is 0 Å². The number of amides is 3. The maximum Gasteiger partial charge on any atom is 0.244 e. The van der Waals surface area contributed by atoms with Crippen molar-refractivity contribution in [3.05, 3.63) is 35.9 Å². The van der Waals surface area contributed by atoms with Gasteiger partial charge in [0.25, 0.3) is 0 Å². The van der Waals surface area contributed by atoms with Gasteiger partial charge in [0.05, 0.1) is 29.2 Å². The van der Waals surface area contributed by atoms with E-state index in [1.165, 1.54) is 0 Å². The molecule has 7 nitrogen and oxygen atoms in total. The molecule has 0 aromatic heterocycles. The molecule has 8 atom stereocenters. The summed E-state index contributed by atoms with van der Waals surface area (Å²) in [7, 11) is 0. The SMILES string of the molecule is CC[C@H](C)[C@H](CO)N1C(=O)[C@@H]2[C@H](C(=O)NCc3ccccc3)[C@@H]3CC(C)C2(S3)C1C(=O)NC(C)C. The average molecular weight is 502 g/mol. The Morgan fingerprint density at radius 2 is 1.89 bits per heavy atom. The number of carbonyl (C=O) groups is 3. The van der Waals surface area contributed by atoms with Gasteiger partial charge in [-0.1, -0.05) is 57.5 Å². The summed E-state index contributed by atoms with van der Waals surface area (Å²) in [5.74, 6) is -1.38. The lowest BCUT2D eigenvalue weighted by Crippen LogP contribution is -2.60. The molecule has 3 aliphatic heterocycles. The number of fused-ring (bicyclic) bond motifs is 1. The minimum atomic E-state index is -0.703. The Kier molecular flexibility index (Phi) is 7.53. The lowest BCUT2D eigenvalue weighted by Gasteiger charge is -2.41. The summed E-state index contributed by atoms with van der Waals surface area (Å²) in [5.41, 5.74) is 1.01. The van der Waals surface area contributed by atoms with Crippen LogP contribution in [0.5, 0.6) is 0 Å². The number of aliphatic hydroxyl groups excluding tert-OH is 1. The van der Waals surface area contributed by atoms with Gasteiger partial charge in [0, 0.05) is 17.8 Å². The highest BCUT2D eigenvalue weighted by Gasteiger charge is 2.76. The maximum atomic E-state index is 14.2. The van der Waals surface area contributed by atoms with Crippen LogP contribution in [0.2, 0.25) is 0 Å². The summed E-state index contributed by atoms with van der Waals surface area (Å²) < 4.78 is -0.670. The third-order valence-electron chi connectivity index (χ3n) is 8.32. The number of rotatable bonds is 9. The van der Waals surface area contributed by atoms with E-state index in [2.05, 4.69) is 17.6 Å². The molecule has 8 heteroatoms. The molecule has 3 aliphatic rings. The van der Waals surface area contributed by atoms with Crippen LogP contribution in [0.25, 0.3) is 0 Å². The van der Waals surface area contributed by atoms with E-state index in [4.69, 9.17) is 0 Å². The lowest BCUT2D eigenvalue weighted by molar-refractivity contribution is -0.144. The van der Waals surface area contributed by atoms with E-state index in [9.17, 15) is 19.5 Å². The van der Waals surface area contributed by atoms with Gasteiger partial charge >= 0.3 is 0 Å². The third kappa shape index (κ3) is 4.26. The van der Waals surface area contributed by atoms with Crippen LogP contribution in [0.15, 0.2) is 30.3 Å². The molecule has 0 radical (unpaired) electrons. The molecule has 1 aromatic carbocycles. The monoisotopic (exact) mass is 501 g/mol. The first-order valence-electron chi connectivity index (χ1n) is 12.9. The largest absolute Gasteiger partial charge is 0.394 e. The second-order valence-corrected chi connectivity index (χ2v) is 12.3. The van der Waals surface area contributed by atoms with Crippen molar-refractivity contribution in [2.75, 3.05) is 6.61 Å². The molecule has 0 aliphatic carbocycles. The van der Waals surface area contributed by atoms with E-state index in [-0.39, 0.29) is 47.5 Å². The van der Waals surface area contributed by atoms with Gasteiger partial charge in [0.2, 0.25) is 17.7 Å². The Labute approximate surface area is 212 Å². The minimum absolute atomic E-state index is 0.00222. The topological polar surface area (TPSA) is 98.7 Å². The molecule has 1 spiro atoms. The summed E-state index contributed by atoms with van der Waals surface area (Å²) in [6, 6.07) is 8.50. The maximum absolute atomic E-state index is 14.2. The van der Waals surface area contributed by atoms with E-state index < -0.39 is 28.7 Å². The van der Waals surface area contributed by atoms with Gasteiger partial charge in [0.15, 0.2) is 0 Å². The van der Waals surface area contributed by atoms with Crippen molar-refractivity contribution >= 4 is 29.5 Å². The molecule has 3 unspecified atom stereocenters. The zero-order valence-corrected chi connectivity index (χ0v) is 22.2. The Balaban J connectivity index is 1.70. The van der Waals surface area contributed by atoms with Crippen molar-refractivity contribution in [3.63, 3.8) is 0 Å². The minimum Gasteiger partial charge on any atom is -0.394 e. The smallest absolute Gasteiger partial charge is 0.244 e. The molecule has 35 heavy (non-hydrogen) atoms. The van der Waals surface area contributed by atoms with Gasteiger partial charge in [0.1, 0.15) is 6.04 Å². The van der Waals surface area contributed by atoms with Gasteiger partial charge in [-0.3, -0.25) is 14.4 Å². The molecule has 192 valence electrons. The molecule has 3 heterocycles. The zero-order chi connectivity index (χ0) is 25.5. The predicted molar refractivity (Wildman–Crippen MR) is 137 cm³/mol. The summed E-state index contributed by atoms with van der Waals surface area (Å²) in [5, 5.41) is 16.5. The van der Waals surface area contributed by atoms with Crippen LogP contribution in [-0.4, -0.2) is 62.5 Å². The molecule has 3 saturated heterocycles. The molecule has 3 amide bonds. The molecular formula is C27H39N3O4S. The summed E-state index contributed by atoms with van der Waals surface area (Å²) in [4.78, 5) is 43.1. The number of aliphatic hydroxyl groups is 1. The number of nitrogens with one attached hydrogen (secondary N) is 2. The average Bonchev–Trinajstić information content (AvgIpc) is 3.42. The van der Waals surface area contributed by atoms with Crippen molar-refractivity contribution in [3.8, 4) is 0 Å². The van der Waals surface area contributed by atoms with E-state index in [1.807, 2.05) is 58.0 Å². The molecule has 3 N–H and O–H groups in total. The second-order valence-electron chi connectivity index (χ2n) is 10.8. The van der Waals surface area contributed by atoms with Gasteiger partial charge in [-0.15, -0.1) is 11.8 Å². The molecule has 3 fully saturated rings. The molecule has 0 saturated carbocycles. The van der Waals surface area contributed by atoms with Crippen molar-refractivity contribution in [2.45, 2.75) is 82.1 Å². The third-order valence-corrected chi connectivity index (χ3v) is 10.4. The van der Waals surface area contributed by atoms with Crippen LogP contribution in [0.1, 0.15) is 53.0 Å². The van der Waals surface area contributed by atoms with Crippen molar-refractivity contribution in [2.24, 2.45) is 23.7 Å². The summed E-state index contributed by atoms with van der Waals surface area (Å²) in [6.07, 6.45) is 1.57. The Morgan fingerprint density at radius 3 is 2.49 bits per heavy atom. The number of hydrogen-bond donors (Lipinski definition) is 3. The number of nitrogens with zero attached hydrogens (tertiary/aromatic N) is 1. The van der Waals surface area contributed by atoms with Crippen LogP contribution in [0.3, 0.4) is 0 Å². The van der Waals surface area contributed by atoms with E-state index >= 15 is 0 Å². The first kappa shape index (κ1) is 26.0. The van der Waals surface area contributed by atoms with Crippen LogP contribution in [0, 0.1) is 23.7 Å². The van der Waals surface area contributed by atoms with Crippen molar-refractivity contribution < 1.29 is 19.5 Å². The number of benzene rings is 1. The summed E-state index contributed by atoms with van der Waals surface area (Å²) in [6.45, 7) is 10.2. The Morgan fingerprint density at radius 1 is 1.20 bits per heavy atom. The highest BCUT2D eigenvalue weighted by atomic mass is 32.2. The highest BCUT2D eigenvalue weighted by molar-refractivity contribution is 8.02. The number of thioether (sulfide) groups is 1. The number of carbonyl (C=O) groups excluding carboxylic acids is 3. The normalized spacial score (nSPS) is 33.1. The van der Waals surface area contributed by atoms with Crippen LogP contribution in [-0.2, 0) is 20.9 Å². The van der Waals surface area contributed by atoms with Gasteiger partial charge in [-0.2, -0.15) is 0 Å². The Bertz CT molecular complexity index is 957. The number of hydrogen-bond acceptors (Lipinski definition) is 5. The van der Waals surface area contributed by atoms with Gasteiger partial charge < -0.3 is 20.6 Å². The van der Waals surface area contributed by atoms with E-state index in [1.54, 1.807) is 16.7 Å². The molecular weight excluding hydrogens is 462 g/mol. The molecule has 4 rings (SSSR count). The van der Waals surface area contributed by atoms with Crippen molar-refractivity contribution in [1.29, 1.82) is 0 Å². The summed E-state index contributed by atoms with van der Waals surface area (Å²) >= 11 is 1.67. The van der Waals surface area contributed by atoms with E-state index in [0.29, 0.717) is 6.54 Å². The van der Waals surface area contributed by atoms with Gasteiger partial charge in [-0.05, 0) is 37.7 Å². The standard InChI is InChI=1S/C27H39N3O4S/c1-6-16(4)19(14-31)30-23(25(33)29-15(2)3)27-17(5)12-20(35-27)21(22(27)26(30)34)24(32)28-13-18-10-8-7-9-11-18/h7-11,15-17,19-23,31H,6,12-14H2,1-5H3,(H,28,32)(H,29,33)/t16-,17?,19-,20-,21+,22-,23?,27?/m0/s1. The van der Waals surface area contributed by atoms with Crippen LogP contribution < -0.4 is 10.6 Å². The zero-order valence-electron chi connectivity index (χ0n) is 21.4. The van der Waals surface area contributed by atoms with E-state index in [0.717, 1.165) is 18.4 Å². The fourth-order valence-electron chi connectivity index (χ4n) is 6.50. The second kappa shape index (κ2) is 10.1. The van der Waals surface area contributed by atoms with Crippen LogP contribution in [0.4, 0.5) is 0 Å². The first-order chi connectivity index (χ1) is 16.7. The quantitative estimate of drug-likeness (QED) is 0.483. The number of likely N-dealkylation sites (tertiary alicyclic amines) is 1. The predicted octanol–water partition coefficient (Wildman–Crippen LogP) is 2.57. The molecule has 2 bridgehead atoms. The Hall–Kier alpha value is -2.06. The fourth-order valence-corrected chi connectivity index (χ4v) is 8.91. The fraction of sp³-hybridized carbons (Fsp3) is 0.667. The first-order valence-corrected chi connectivity index (χ1v) is 13.8. The van der Waals surface area contributed by atoms with Crippen molar-refractivity contribution in [1.82, 2.24) is 15.5 Å². The van der Waals surface area contributed by atoms with Crippen LogP contribution >= 0.6 is 11.8 Å².